The largest absolute Gasteiger partial charge is 0.378 e. The van der Waals surface area contributed by atoms with E-state index in [4.69, 9.17) is 0 Å². The Balaban J connectivity index is 2.52. The summed E-state index contributed by atoms with van der Waals surface area (Å²) in [5, 5.41) is 0. The maximum absolute atomic E-state index is 2.35. The Bertz CT molecular complexity index is 136. The summed E-state index contributed by atoms with van der Waals surface area (Å²) in [5.41, 5.74) is 0.436. The Morgan fingerprint density at radius 3 is 2.60 bits per heavy atom. The van der Waals surface area contributed by atoms with Gasteiger partial charge in [-0.3, -0.25) is 0 Å². The molecule has 0 saturated carbocycles. The highest BCUT2D eigenvalue weighted by Gasteiger charge is 2.18. The highest BCUT2D eigenvalue weighted by Crippen LogP contribution is 2.26. The van der Waals surface area contributed by atoms with Crippen molar-refractivity contribution in [1.82, 2.24) is 4.90 Å². The summed E-state index contributed by atoms with van der Waals surface area (Å²) in [7, 11) is 0. The first-order chi connectivity index (χ1) is 4.64. The van der Waals surface area contributed by atoms with Crippen molar-refractivity contribution >= 4 is 0 Å². The molecule has 0 aliphatic carbocycles. The molecule has 10 heavy (non-hydrogen) atoms. The van der Waals surface area contributed by atoms with Crippen LogP contribution in [0.4, 0.5) is 0 Å². The van der Waals surface area contributed by atoms with E-state index in [0.29, 0.717) is 5.41 Å². The molecule has 0 atom stereocenters. The van der Waals surface area contributed by atoms with Gasteiger partial charge in [0.25, 0.3) is 0 Å². The van der Waals surface area contributed by atoms with Gasteiger partial charge >= 0.3 is 0 Å². The smallest absolute Gasteiger partial charge is 0.0180 e. The first kappa shape index (κ1) is 7.64. The van der Waals surface area contributed by atoms with Crippen LogP contribution in [0.2, 0.25) is 0 Å². The third kappa shape index (κ3) is 1.76. The minimum absolute atomic E-state index is 0.436. The van der Waals surface area contributed by atoms with Gasteiger partial charge in [-0.05, 0) is 25.0 Å². The van der Waals surface area contributed by atoms with E-state index in [1.54, 1.807) is 0 Å². The van der Waals surface area contributed by atoms with Gasteiger partial charge in [0, 0.05) is 13.1 Å². The van der Waals surface area contributed by atoms with Crippen molar-refractivity contribution in [2.24, 2.45) is 5.41 Å². The Morgan fingerprint density at radius 1 is 1.50 bits per heavy atom. The zero-order chi connectivity index (χ0) is 7.61. The van der Waals surface area contributed by atoms with Crippen molar-refractivity contribution < 1.29 is 0 Å². The predicted octanol–water partition coefficient (Wildman–Crippen LogP) is 2.25. The average Bonchev–Trinajstić information content (AvgIpc) is 1.88. The minimum atomic E-state index is 0.436. The molecule has 1 heterocycles. The van der Waals surface area contributed by atoms with Crippen LogP contribution in [0.15, 0.2) is 12.3 Å². The predicted molar refractivity (Wildman–Crippen MR) is 44.8 cm³/mol. The molecule has 1 nitrogen and oxygen atoms in total. The summed E-state index contributed by atoms with van der Waals surface area (Å²) >= 11 is 0. The Hall–Kier alpha value is -0.460. The molecule has 0 aromatic rings. The lowest BCUT2D eigenvalue weighted by atomic mass is 9.87. The number of hydrogen-bond donors (Lipinski definition) is 0. The van der Waals surface area contributed by atoms with Gasteiger partial charge in [-0.15, -0.1) is 0 Å². The molecule has 0 spiro atoms. The first-order valence-corrected chi connectivity index (χ1v) is 4.07. The number of allylic oxidation sites excluding steroid dienone is 1. The van der Waals surface area contributed by atoms with Crippen molar-refractivity contribution in [3.8, 4) is 0 Å². The average molecular weight is 139 g/mol. The van der Waals surface area contributed by atoms with Gasteiger partial charge in [-0.25, -0.2) is 0 Å². The van der Waals surface area contributed by atoms with E-state index >= 15 is 0 Å². The monoisotopic (exact) mass is 139 g/mol. The molecular weight excluding hydrogens is 122 g/mol. The molecule has 1 aliphatic heterocycles. The third-order valence-corrected chi connectivity index (χ3v) is 2.19. The lowest BCUT2D eigenvalue weighted by Gasteiger charge is -2.31. The van der Waals surface area contributed by atoms with Crippen LogP contribution in [-0.4, -0.2) is 18.0 Å². The SMILES string of the molecule is CCN1C=CC(C)(C)CC1. The quantitative estimate of drug-likeness (QED) is 0.538. The normalized spacial score (nSPS) is 23.3. The Labute approximate surface area is 63.7 Å². The fourth-order valence-corrected chi connectivity index (χ4v) is 1.16. The van der Waals surface area contributed by atoms with Gasteiger partial charge in [0.15, 0.2) is 0 Å². The molecule has 1 heteroatoms. The third-order valence-electron chi connectivity index (χ3n) is 2.19. The lowest BCUT2D eigenvalue weighted by molar-refractivity contribution is 0.287. The van der Waals surface area contributed by atoms with E-state index in [2.05, 4.69) is 37.9 Å². The summed E-state index contributed by atoms with van der Waals surface area (Å²) in [6.07, 6.45) is 5.82. The zero-order valence-corrected chi connectivity index (χ0v) is 7.22. The zero-order valence-electron chi connectivity index (χ0n) is 7.22. The summed E-state index contributed by atoms with van der Waals surface area (Å²) in [4.78, 5) is 2.35. The topological polar surface area (TPSA) is 3.24 Å². The molecule has 1 aliphatic rings. The van der Waals surface area contributed by atoms with E-state index in [0.717, 1.165) is 6.54 Å². The highest BCUT2D eigenvalue weighted by molar-refractivity contribution is 4.99. The first-order valence-electron chi connectivity index (χ1n) is 4.07. The second-order valence-corrected chi connectivity index (χ2v) is 3.68. The van der Waals surface area contributed by atoms with Gasteiger partial charge in [0.2, 0.25) is 0 Å². The molecule has 0 fully saturated rings. The molecule has 58 valence electrons. The van der Waals surface area contributed by atoms with E-state index < -0.39 is 0 Å². The molecule has 0 unspecified atom stereocenters. The van der Waals surface area contributed by atoms with E-state index in [1.165, 1.54) is 13.0 Å². The van der Waals surface area contributed by atoms with Crippen LogP contribution in [-0.2, 0) is 0 Å². The van der Waals surface area contributed by atoms with Crippen LogP contribution in [0.1, 0.15) is 27.2 Å². The van der Waals surface area contributed by atoms with Crippen molar-refractivity contribution in [2.75, 3.05) is 13.1 Å². The van der Waals surface area contributed by atoms with Crippen LogP contribution < -0.4 is 0 Å². The molecule has 0 bridgehead atoms. The van der Waals surface area contributed by atoms with Crippen LogP contribution in [0.25, 0.3) is 0 Å². The van der Waals surface area contributed by atoms with E-state index in [1.807, 2.05) is 0 Å². The van der Waals surface area contributed by atoms with Gasteiger partial charge in [0.05, 0.1) is 0 Å². The standard InChI is InChI=1S/C9H17N/c1-4-10-7-5-9(2,3)6-8-10/h5,7H,4,6,8H2,1-3H3. The maximum atomic E-state index is 2.35. The molecule has 0 amide bonds. The van der Waals surface area contributed by atoms with E-state index in [9.17, 15) is 0 Å². The second kappa shape index (κ2) is 2.65. The maximum Gasteiger partial charge on any atom is 0.0180 e. The molecular formula is C9H17N. The fourth-order valence-electron chi connectivity index (χ4n) is 1.16. The number of nitrogens with zero attached hydrogens (tertiary/aromatic N) is 1. The fraction of sp³-hybridized carbons (Fsp3) is 0.778. The van der Waals surface area contributed by atoms with Crippen LogP contribution >= 0.6 is 0 Å². The van der Waals surface area contributed by atoms with Crippen LogP contribution in [0, 0.1) is 5.41 Å². The number of hydrogen-bond acceptors (Lipinski definition) is 1. The summed E-state index contributed by atoms with van der Waals surface area (Å²) in [6, 6.07) is 0. The Kier molecular flexibility index (Phi) is 2.02. The van der Waals surface area contributed by atoms with Crippen molar-refractivity contribution in [2.45, 2.75) is 27.2 Å². The van der Waals surface area contributed by atoms with Crippen molar-refractivity contribution in [1.29, 1.82) is 0 Å². The van der Waals surface area contributed by atoms with Gasteiger partial charge < -0.3 is 4.90 Å². The van der Waals surface area contributed by atoms with Gasteiger partial charge in [-0.1, -0.05) is 19.9 Å². The van der Waals surface area contributed by atoms with Gasteiger partial charge in [0.1, 0.15) is 0 Å². The Morgan fingerprint density at radius 2 is 2.20 bits per heavy atom. The molecule has 0 aromatic carbocycles. The summed E-state index contributed by atoms with van der Waals surface area (Å²) in [6.45, 7) is 9.14. The summed E-state index contributed by atoms with van der Waals surface area (Å²) < 4.78 is 0. The molecule has 0 saturated heterocycles. The van der Waals surface area contributed by atoms with Crippen LogP contribution in [0.3, 0.4) is 0 Å². The van der Waals surface area contributed by atoms with Crippen molar-refractivity contribution in [3.63, 3.8) is 0 Å². The van der Waals surface area contributed by atoms with Crippen molar-refractivity contribution in [3.05, 3.63) is 12.3 Å². The second-order valence-electron chi connectivity index (χ2n) is 3.68. The number of rotatable bonds is 1. The van der Waals surface area contributed by atoms with E-state index in [-0.39, 0.29) is 0 Å². The summed E-state index contributed by atoms with van der Waals surface area (Å²) in [5.74, 6) is 0. The van der Waals surface area contributed by atoms with Gasteiger partial charge in [-0.2, -0.15) is 0 Å². The molecule has 0 N–H and O–H groups in total. The highest BCUT2D eigenvalue weighted by atomic mass is 15.1. The molecule has 1 rings (SSSR count). The lowest BCUT2D eigenvalue weighted by Crippen LogP contribution is -2.27. The van der Waals surface area contributed by atoms with Crippen LogP contribution in [0.5, 0.6) is 0 Å². The molecule has 0 radical (unpaired) electrons. The molecule has 0 aromatic heterocycles. The minimum Gasteiger partial charge on any atom is -0.378 e.